The molecule has 0 aliphatic carbocycles. The van der Waals surface area contributed by atoms with Crippen LogP contribution in [0.15, 0.2) is 12.4 Å². The molecule has 7 heteroatoms. The lowest BCUT2D eigenvalue weighted by Gasteiger charge is -2.34. The molecule has 0 bridgehead atoms. The van der Waals surface area contributed by atoms with Crippen LogP contribution in [0.1, 0.15) is 36.5 Å². The molecule has 124 valence electrons. The van der Waals surface area contributed by atoms with Gasteiger partial charge in [-0.15, -0.1) is 0 Å². The molecule has 0 radical (unpaired) electrons. The summed E-state index contributed by atoms with van der Waals surface area (Å²) < 4.78 is 0. The summed E-state index contributed by atoms with van der Waals surface area (Å²) in [6.07, 6.45) is 6.85. The molecular formula is C16H23N5O2. The third kappa shape index (κ3) is 3.60. The first-order valence-electron chi connectivity index (χ1n) is 8.27. The first-order valence-corrected chi connectivity index (χ1v) is 8.27. The van der Waals surface area contributed by atoms with Gasteiger partial charge < -0.3 is 14.7 Å². The van der Waals surface area contributed by atoms with Gasteiger partial charge in [-0.3, -0.25) is 9.59 Å². The van der Waals surface area contributed by atoms with E-state index in [1.807, 2.05) is 0 Å². The fraction of sp³-hybridized carbons (Fsp3) is 0.625. The van der Waals surface area contributed by atoms with E-state index >= 15 is 0 Å². The van der Waals surface area contributed by atoms with Crippen molar-refractivity contribution < 1.29 is 9.59 Å². The zero-order chi connectivity index (χ0) is 16.2. The summed E-state index contributed by atoms with van der Waals surface area (Å²) in [5, 5.41) is 0. The maximum absolute atomic E-state index is 12.5. The Morgan fingerprint density at radius 3 is 2.00 bits per heavy atom. The first kappa shape index (κ1) is 15.7. The molecule has 0 aromatic carbocycles. The van der Waals surface area contributed by atoms with Gasteiger partial charge in [-0.25, -0.2) is 9.97 Å². The predicted molar refractivity (Wildman–Crippen MR) is 86.3 cm³/mol. The van der Waals surface area contributed by atoms with Crippen molar-refractivity contribution in [2.45, 2.75) is 26.2 Å². The van der Waals surface area contributed by atoms with Crippen LogP contribution in [-0.4, -0.2) is 70.9 Å². The minimum absolute atomic E-state index is 0.0570. The Labute approximate surface area is 136 Å². The van der Waals surface area contributed by atoms with Gasteiger partial charge in [0.05, 0.1) is 5.56 Å². The van der Waals surface area contributed by atoms with Crippen molar-refractivity contribution >= 4 is 17.8 Å². The fourth-order valence-electron chi connectivity index (χ4n) is 3.10. The number of amides is 2. The quantitative estimate of drug-likeness (QED) is 0.806. The van der Waals surface area contributed by atoms with Crippen molar-refractivity contribution in [1.82, 2.24) is 19.8 Å². The van der Waals surface area contributed by atoms with Crippen LogP contribution in [0.25, 0.3) is 0 Å². The highest BCUT2D eigenvalue weighted by atomic mass is 16.2. The van der Waals surface area contributed by atoms with Gasteiger partial charge in [0.2, 0.25) is 11.9 Å². The van der Waals surface area contributed by atoms with Gasteiger partial charge in [-0.1, -0.05) is 0 Å². The van der Waals surface area contributed by atoms with Crippen LogP contribution in [0.4, 0.5) is 5.95 Å². The molecular weight excluding hydrogens is 294 g/mol. The molecule has 23 heavy (non-hydrogen) atoms. The lowest BCUT2D eigenvalue weighted by atomic mass is 10.1. The summed E-state index contributed by atoms with van der Waals surface area (Å²) in [7, 11) is 0. The van der Waals surface area contributed by atoms with E-state index in [9.17, 15) is 9.59 Å². The Morgan fingerprint density at radius 2 is 1.43 bits per heavy atom. The van der Waals surface area contributed by atoms with Crippen LogP contribution in [0.5, 0.6) is 0 Å². The molecule has 2 amide bonds. The van der Waals surface area contributed by atoms with Gasteiger partial charge in [-0.05, 0) is 19.3 Å². The molecule has 2 aliphatic rings. The Morgan fingerprint density at radius 1 is 0.870 bits per heavy atom. The zero-order valence-corrected chi connectivity index (χ0v) is 13.6. The van der Waals surface area contributed by atoms with Crippen LogP contribution in [0.2, 0.25) is 0 Å². The van der Waals surface area contributed by atoms with E-state index in [2.05, 4.69) is 14.9 Å². The van der Waals surface area contributed by atoms with Crippen molar-refractivity contribution in [2.24, 2.45) is 0 Å². The number of carbonyl (C=O) groups is 2. The van der Waals surface area contributed by atoms with Crippen LogP contribution in [-0.2, 0) is 4.79 Å². The molecule has 1 aromatic heterocycles. The number of hydrogen-bond donors (Lipinski definition) is 0. The van der Waals surface area contributed by atoms with Gasteiger partial charge in [0, 0.05) is 58.6 Å². The minimum Gasteiger partial charge on any atom is -0.341 e. The van der Waals surface area contributed by atoms with Gasteiger partial charge >= 0.3 is 0 Å². The van der Waals surface area contributed by atoms with Crippen molar-refractivity contribution in [3.63, 3.8) is 0 Å². The lowest BCUT2D eigenvalue weighted by Crippen LogP contribution is -2.50. The van der Waals surface area contributed by atoms with Gasteiger partial charge in [-0.2, -0.15) is 0 Å². The highest BCUT2D eigenvalue weighted by Crippen LogP contribution is 2.16. The van der Waals surface area contributed by atoms with E-state index in [-0.39, 0.29) is 11.8 Å². The topological polar surface area (TPSA) is 69.6 Å². The monoisotopic (exact) mass is 317 g/mol. The van der Waals surface area contributed by atoms with E-state index in [0.717, 1.165) is 13.1 Å². The van der Waals surface area contributed by atoms with Crippen LogP contribution in [0.3, 0.4) is 0 Å². The number of anilines is 1. The minimum atomic E-state index is -0.0570. The third-order valence-electron chi connectivity index (χ3n) is 4.54. The molecule has 7 nitrogen and oxygen atoms in total. The van der Waals surface area contributed by atoms with Gasteiger partial charge in [0.25, 0.3) is 5.91 Å². The second-order valence-electron chi connectivity index (χ2n) is 6.12. The molecule has 0 spiro atoms. The summed E-state index contributed by atoms with van der Waals surface area (Å²) in [6, 6.07) is 0. The Hall–Kier alpha value is -2.18. The second-order valence-corrected chi connectivity index (χ2v) is 6.12. The number of piperidine rings is 1. The number of piperazine rings is 1. The molecule has 2 saturated heterocycles. The molecule has 0 saturated carbocycles. The standard InChI is InChI=1S/C16H23N5O2/c1-13(22)19-7-9-20(10-8-19)15(23)14-11-17-16(18-12-14)21-5-3-2-4-6-21/h11-12H,2-10H2,1H3. The Bertz CT molecular complexity index is 560. The molecule has 2 aliphatic heterocycles. The zero-order valence-electron chi connectivity index (χ0n) is 13.6. The van der Waals surface area contributed by atoms with E-state index < -0.39 is 0 Å². The maximum atomic E-state index is 12.5. The summed E-state index contributed by atoms with van der Waals surface area (Å²) in [5.41, 5.74) is 0.516. The fourth-order valence-corrected chi connectivity index (χ4v) is 3.10. The van der Waals surface area contributed by atoms with E-state index in [1.165, 1.54) is 19.3 Å². The molecule has 0 unspecified atom stereocenters. The van der Waals surface area contributed by atoms with Gasteiger partial charge in [0.15, 0.2) is 0 Å². The largest absolute Gasteiger partial charge is 0.341 e. The normalized spacial score (nSPS) is 18.9. The summed E-state index contributed by atoms with van der Waals surface area (Å²) in [6.45, 7) is 5.84. The van der Waals surface area contributed by atoms with E-state index in [1.54, 1.807) is 29.1 Å². The summed E-state index contributed by atoms with van der Waals surface area (Å²) in [5.74, 6) is 0.715. The van der Waals surface area contributed by atoms with E-state index in [4.69, 9.17) is 0 Å². The number of hydrogen-bond acceptors (Lipinski definition) is 5. The molecule has 0 atom stereocenters. The summed E-state index contributed by atoms with van der Waals surface area (Å²) in [4.78, 5) is 38.2. The van der Waals surface area contributed by atoms with Crippen molar-refractivity contribution in [3.8, 4) is 0 Å². The molecule has 1 aromatic rings. The molecule has 2 fully saturated rings. The Kier molecular flexibility index (Phi) is 4.73. The second kappa shape index (κ2) is 6.93. The predicted octanol–water partition coefficient (Wildman–Crippen LogP) is 0.771. The summed E-state index contributed by atoms with van der Waals surface area (Å²) >= 11 is 0. The van der Waals surface area contributed by atoms with E-state index in [0.29, 0.717) is 37.7 Å². The molecule has 3 rings (SSSR count). The third-order valence-corrected chi connectivity index (χ3v) is 4.54. The molecule has 0 N–H and O–H groups in total. The number of carbonyl (C=O) groups excluding carboxylic acids is 2. The number of rotatable bonds is 2. The van der Waals surface area contributed by atoms with Crippen LogP contribution in [0, 0.1) is 0 Å². The average Bonchev–Trinajstić information content (AvgIpc) is 2.62. The highest BCUT2D eigenvalue weighted by molar-refractivity contribution is 5.93. The highest BCUT2D eigenvalue weighted by Gasteiger charge is 2.24. The van der Waals surface area contributed by atoms with Crippen molar-refractivity contribution in [1.29, 1.82) is 0 Å². The Balaban J connectivity index is 1.60. The maximum Gasteiger partial charge on any atom is 0.257 e. The van der Waals surface area contributed by atoms with Crippen LogP contribution < -0.4 is 4.90 Å². The lowest BCUT2D eigenvalue weighted by molar-refractivity contribution is -0.130. The number of nitrogens with zero attached hydrogens (tertiary/aromatic N) is 5. The average molecular weight is 317 g/mol. The first-order chi connectivity index (χ1) is 11.1. The van der Waals surface area contributed by atoms with Crippen LogP contribution >= 0.6 is 0 Å². The SMILES string of the molecule is CC(=O)N1CCN(C(=O)c2cnc(N3CCCCC3)nc2)CC1. The van der Waals surface area contributed by atoms with Crippen molar-refractivity contribution in [3.05, 3.63) is 18.0 Å². The smallest absolute Gasteiger partial charge is 0.257 e. The van der Waals surface area contributed by atoms with Gasteiger partial charge in [0.1, 0.15) is 0 Å². The van der Waals surface area contributed by atoms with Crippen molar-refractivity contribution in [2.75, 3.05) is 44.2 Å². The molecule has 3 heterocycles. The number of aromatic nitrogens is 2.